The van der Waals surface area contributed by atoms with Crippen LogP contribution >= 0.6 is 0 Å². The Bertz CT molecular complexity index is 1290. The Labute approximate surface area is 160 Å². The second-order valence-corrected chi connectivity index (χ2v) is 6.99. The van der Waals surface area contributed by atoms with Crippen molar-refractivity contribution in [3.8, 4) is 11.1 Å². The number of carbonyl (C=O) groups excluding carboxylic acids is 1. The average molecular weight is 370 g/mol. The van der Waals surface area contributed by atoms with Gasteiger partial charge in [0.15, 0.2) is 0 Å². The van der Waals surface area contributed by atoms with E-state index < -0.39 is 0 Å². The van der Waals surface area contributed by atoms with Gasteiger partial charge in [0.05, 0.1) is 22.6 Å². The molecule has 138 valence electrons. The van der Waals surface area contributed by atoms with E-state index in [1.54, 1.807) is 0 Å². The first-order valence-electron chi connectivity index (χ1n) is 8.98. The third-order valence-corrected chi connectivity index (χ3v) is 5.22. The number of hydrogen-bond acceptors (Lipinski definition) is 5. The first kappa shape index (κ1) is 16.4. The van der Waals surface area contributed by atoms with Gasteiger partial charge in [-0.2, -0.15) is 0 Å². The molecule has 1 aliphatic heterocycles. The van der Waals surface area contributed by atoms with Crippen molar-refractivity contribution in [2.75, 3.05) is 5.73 Å². The second-order valence-electron chi connectivity index (χ2n) is 6.99. The van der Waals surface area contributed by atoms with Crippen molar-refractivity contribution in [1.29, 1.82) is 0 Å². The van der Waals surface area contributed by atoms with Crippen LogP contribution in [0.1, 0.15) is 12.6 Å². The van der Waals surface area contributed by atoms with E-state index in [4.69, 9.17) is 5.73 Å². The van der Waals surface area contributed by atoms with Crippen molar-refractivity contribution in [3.05, 3.63) is 55.1 Å². The van der Waals surface area contributed by atoms with Gasteiger partial charge in [-0.1, -0.05) is 24.8 Å². The fourth-order valence-corrected chi connectivity index (χ4v) is 4.03. The summed E-state index contributed by atoms with van der Waals surface area (Å²) in [5, 5.41) is 4.78. The minimum absolute atomic E-state index is 0.0933. The number of rotatable bonds is 2. The molecule has 0 fully saturated rings. The molecule has 7 nitrogen and oxygen atoms in total. The number of benzene rings is 1. The number of anilines is 1. The summed E-state index contributed by atoms with van der Waals surface area (Å²) in [6.07, 6.45) is 3.30. The van der Waals surface area contributed by atoms with Crippen LogP contribution in [-0.2, 0) is 11.3 Å². The first-order valence-corrected chi connectivity index (χ1v) is 8.98. The molecule has 1 amide bonds. The molecule has 28 heavy (non-hydrogen) atoms. The Morgan fingerprint density at radius 2 is 2.11 bits per heavy atom. The van der Waals surface area contributed by atoms with E-state index in [0.717, 1.165) is 44.3 Å². The fraction of sp³-hybridized carbons (Fsp3) is 0.143. The van der Waals surface area contributed by atoms with Gasteiger partial charge in [-0.25, -0.2) is 9.97 Å². The monoisotopic (exact) mass is 370 g/mol. The number of nitrogen functional groups attached to an aromatic ring is 1. The van der Waals surface area contributed by atoms with Gasteiger partial charge < -0.3 is 15.6 Å². The summed E-state index contributed by atoms with van der Waals surface area (Å²) in [6.45, 7) is 6.32. The lowest BCUT2D eigenvalue weighted by molar-refractivity contribution is -0.119. The van der Waals surface area contributed by atoms with Gasteiger partial charge in [-0.3, -0.25) is 9.78 Å². The molecule has 5 rings (SSSR count). The molecule has 7 heteroatoms. The lowest BCUT2D eigenvalue weighted by Crippen LogP contribution is -2.33. The minimum atomic E-state index is -0.180. The quantitative estimate of drug-likeness (QED) is 0.565. The Morgan fingerprint density at radius 1 is 1.29 bits per heavy atom. The van der Waals surface area contributed by atoms with Crippen LogP contribution in [0.2, 0.25) is 0 Å². The van der Waals surface area contributed by atoms with Gasteiger partial charge >= 0.3 is 0 Å². The number of carbonyl (C=O) groups is 1. The summed E-state index contributed by atoms with van der Waals surface area (Å²) in [4.78, 5) is 24.9. The van der Waals surface area contributed by atoms with Gasteiger partial charge in [0.2, 0.25) is 5.91 Å². The van der Waals surface area contributed by atoms with Crippen LogP contribution < -0.4 is 11.1 Å². The maximum atomic E-state index is 11.6. The molecule has 0 unspecified atom stereocenters. The summed E-state index contributed by atoms with van der Waals surface area (Å²) in [5.41, 5.74) is 11.5. The van der Waals surface area contributed by atoms with E-state index in [2.05, 4.69) is 37.5 Å². The number of amides is 1. The molecule has 1 aliphatic rings. The zero-order valence-corrected chi connectivity index (χ0v) is 15.3. The maximum absolute atomic E-state index is 11.6. The Balaban J connectivity index is 1.80. The molecule has 0 radical (unpaired) electrons. The molecule has 3 aromatic heterocycles. The topological polar surface area (TPSA) is 98.7 Å². The molecule has 0 spiro atoms. The Morgan fingerprint density at radius 3 is 2.93 bits per heavy atom. The normalized spacial score (nSPS) is 15.9. The van der Waals surface area contributed by atoms with Gasteiger partial charge in [0.25, 0.3) is 0 Å². The number of nitrogens with one attached hydrogen (secondary N) is 1. The number of hydrogen-bond donors (Lipinski definition) is 2. The average Bonchev–Trinajstić information content (AvgIpc) is 3.17. The SMILES string of the molecule is C=C1c2c(-c3cnc4ccccc4c3)c3c(N)ncnc3n2C[C@H]1NC(C)=O. The number of para-hydroxylation sites is 1. The molecular formula is C21H18N6O. The Kier molecular flexibility index (Phi) is 3.45. The maximum Gasteiger partial charge on any atom is 0.217 e. The van der Waals surface area contributed by atoms with Crippen molar-refractivity contribution in [3.63, 3.8) is 0 Å². The highest BCUT2D eigenvalue weighted by Gasteiger charge is 2.33. The molecule has 0 saturated carbocycles. The van der Waals surface area contributed by atoms with Gasteiger partial charge in [-0.15, -0.1) is 0 Å². The highest BCUT2D eigenvalue weighted by molar-refractivity contribution is 6.07. The number of pyridine rings is 1. The van der Waals surface area contributed by atoms with Crippen LogP contribution in [0.25, 0.3) is 38.6 Å². The van der Waals surface area contributed by atoms with Crippen LogP contribution in [-0.4, -0.2) is 31.5 Å². The molecule has 4 heterocycles. The van der Waals surface area contributed by atoms with Crippen LogP contribution in [0.15, 0.2) is 49.4 Å². The van der Waals surface area contributed by atoms with E-state index in [1.807, 2.05) is 30.5 Å². The van der Waals surface area contributed by atoms with Crippen LogP contribution in [0, 0.1) is 0 Å². The number of aromatic nitrogens is 4. The summed E-state index contributed by atoms with van der Waals surface area (Å²) in [5.74, 6) is 0.322. The minimum Gasteiger partial charge on any atom is -0.383 e. The van der Waals surface area contributed by atoms with Crippen molar-refractivity contribution >= 4 is 39.2 Å². The molecule has 3 N–H and O–H groups in total. The zero-order chi connectivity index (χ0) is 19.4. The largest absolute Gasteiger partial charge is 0.383 e. The fourth-order valence-electron chi connectivity index (χ4n) is 4.03. The highest BCUT2D eigenvalue weighted by atomic mass is 16.1. The van der Waals surface area contributed by atoms with Crippen molar-refractivity contribution in [2.45, 2.75) is 19.5 Å². The van der Waals surface area contributed by atoms with Gasteiger partial charge in [0, 0.05) is 36.2 Å². The van der Waals surface area contributed by atoms with E-state index in [0.29, 0.717) is 12.4 Å². The molecule has 1 aromatic carbocycles. The first-order chi connectivity index (χ1) is 13.5. The van der Waals surface area contributed by atoms with Crippen LogP contribution in [0.4, 0.5) is 5.82 Å². The lowest BCUT2D eigenvalue weighted by Gasteiger charge is -2.13. The smallest absolute Gasteiger partial charge is 0.217 e. The van der Waals surface area contributed by atoms with Crippen molar-refractivity contribution in [1.82, 2.24) is 24.8 Å². The summed E-state index contributed by atoms with van der Waals surface area (Å²) >= 11 is 0. The molecule has 0 bridgehead atoms. The third-order valence-electron chi connectivity index (χ3n) is 5.22. The highest BCUT2D eigenvalue weighted by Crippen LogP contribution is 2.43. The lowest BCUT2D eigenvalue weighted by atomic mass is 9.98. The number of nitrogens with zero attached hydrogens (tertiary/aromatic N) is 4. The molecule has 1 atom stereocenters. The zero-order valence-electron chi connectivity index (χ0n) is 15.3. The molecule has 4 aromatic rings. The number of nitrogens with two attached hydrogens (primary N) is 1. The van der Waals surface area contributed by atoms with E-state index in [-0.39, 0.29) is 11.9 Å². The van der Waals surface area contributed by atoms with Crippen LogP contribution in [0.3, 0.4) is 0 Å². The summed E-state index contributed by atoms with van der Waals surface area (Å²) < 4.78 is 2.06. The van der Waals surface area contributed by atoms with Gasteiger partial charge in [-0.05, 0) is 17.7 Å². The second kappa shape index (κ2) is 5.88. The predicted molar refractivity (Wildman–Crippen MR) is 109 cm³/mol. The standard InChI is InChI=1S/C21H18N6O/c1-11-16(26-12(2)28)9-27-19(11)17(18-20(22)24-10-25-21(18)27)14-7-13-5-3-4-6-15(13)23-8-14/h3-8,10,16H,1,9H2,2H3,(H,26,28)(H2,22,24,25)/t16-/m1/s1. The summed E-state index contributed by atoms with van der Waals surface area (Å²) in [6, 6.07) is 9.86. The number of fused-ring (bicyclic) bond motifs is 4. The van der Waals surface area contributed by atoms with Gasteiger partial charge in [0.1, 0.15) is 17.8 Å². The molecular weight excluding hydrogens is 352 g/mol. The third kappa shape index (κ3) is 2.29. The molecule has 0 saturated heterocycles. The van der Waals surface area contributed by atoms with Crippen LogP contribution in [0.5, 0.6) is 0 Å². The van der Waals surface area contributed by atoms with E-state index >= 15 is 0 Å². The Hall–Kier alpha value is -3.74. The molecule has 0 aliphatic carbocycles. The van der Waals surface area contributed by atoms with E-state index in [1.165, 1.54) is 13.3 Å². The van der Waals surface area contributed by atoms with Crippen molar-refractivity contribution < 1.29 is 4.79 Å². The summed E-state index contributed by atoms with van der Waals surface area (Å²) in [7, 11) is 0. The van der Waals surface area contributed by atoms with E-state index in [9.17, 15) is 4.79 Å². The van der Waals surface area contributed by atoms with Crippen molar-refractivity contribution in [2.24, 2.45) is 0 Å². The predicted octanol–water partition coefficient (Wildman–Crippen LogP) is 2.76.